The summed E-state index contributed by atoms with van der Waals surface area (Å²) < 4.78 is 5.74. The van der Waals surface area contributed by atoms with Crippen molar-refractivity contribution in [2.45, 2.75) is 45.3 Å². The zero-order valence-corrected chi connectivity index (χ0v) is 21.4. The molecular formula is C28H30Cl2N2O3. The molecule has 5 nitrogen and oxygen atoms in total. The number of halogens is 2. The van der Waals surface area contributed by atoms with E-state index >= 15 is 0 Å². The Kier molecular flexibility index (Phi) is 10.0. The summed E-state index contributed by atoms with van der Waals surface area (Å²) in [6, 6.07) is 23.0. The topological polar surface area (TPSA) is 58.6 Å². The maximum Gasteiger partial charge on any atom is 0.261 e. The Morgan fingerprint density at radius 1 is 0.886 bits per heavy atom. The first-order valence-electron chi connectivity index (χ1n) is 11.6. The van der Waals surface area contributed by atoms with Gasteiger partial charge in [-0.2, -0.15) is 0 Å². The molecule has 2 atom stereocenters. The zero-order chi connectivity index (χ0) is 25.2. The molecule has 0 aliphatic carbocycles. The Hall–Kier alpha value is -3.02. The lowest BCUT2D eigenvalue weighted by atomic mass is 10.0. The van der Waals surface area contributed by atoms with Gasteiger partial charge in [-0.25, -0.2) is 0 Å². The van der Waals surface area contributed by atoms with E-state index in [-0.39, 0.29) is 31.0 Å². The number of amides is 2. The minimum atomic E-state index is -0.719. The van der Waals surface area contributed by atoms with Gasteiger partial charge in [-0.1, -0.05) is 72.6 Å². The van der Waals surface area contributed by atoms with Gasteiger partial charge in [0.2, 0.25) is 5.91 Å². The molecule has 0 saturated carbocycles. The van der Waals surface area contributed by atoms with Gasteiger partial charge in [-0.05, 0) is 60.9 Å². The van der Waals surface area contributed by atoms with Gasteiger partial charge >= 0.3 is 0 Å². The summed E-state index contributed by atoms with van der Waals surface area (Å²) >= 11 is 12.0. The minimum Gasteiger partial charge on any atom is -0.484 e. The molecule has 0 aliphatic heterocycles. The second kappa shape index (κ2) is 13.2. The first-order valence-corrected chi connectivity index (χ1v) is 12.4. The van der Waals surface area contributed by atoms with Crippen LogP contribution in [0.15, 0.2) is 78.9 Å². The van der Waals surface area contributed by atoms with Crippen LogP contribution in [0.2, 0.25) is 10.0 Å². The van der Waals surface area contributed by atoms with Gasteiger partial charge in [0.25, 0.3) is 5.91 Å². The molecule has 0 spiro atoms. The van der Waals surface area contributed by atoms with Crippen molar-refractivity contribution in [1.29, 1.82) is 0 Å². The average molecular weight is 513 g/mol. The third-order valence-electron chi connectivity index (χ3n) is 5.71. The third kappa shape index (κ3) is 8.30. The molecule has 0 radical (unpaired) electrons. The molecule has 2 amide bonds. The highest BCUT2D eigenvalue weighted by Gasteiger charge is 2.31. The van der Waals surface area contributed by atoms with E-state index in [0.717, 1.165) is 17.5 Å². The molecule has 0 unspecified atom stereocenters. The van der Waals surface area contributed by atoms with E-state index in [2.05, 4.69) is 5.32 Å². The van der Waals surface area contributed by atoms with E-state index in [1.165, 1.54) is 0 Å². The van der Waals surface area contributed by atoms with Crippen LogP contribution in [-0.4, -0.2) is 35.4 Å². The highest BCUT2D eigenvalue weighted by Crippen LogP contribution is 2.19. The number of carbonyl (C=O) groups is 2. The number of benzene rings is 3. The number of ether oxygens (including phenoxy) is 1. The van der Waals surface area contributed by atoms with Crippen molar-refractivity contribution in [3.05, 3.63) is 100 Å². The number of hydrogen-bond acceptors (Lipinski definition) is 3. The molecule has 35 heavy (non-hydrogen) atoms. The molecule has 1 N–H and O–H groups in total. The normalized spacial score (nSPS) is 12.5. The average Bonchev–Trinajstić information content (AvgIpc) is 2.87. The second-order valence-electron chi connectivity index (χ2n) is 8.41. The summed E-state index contributed by atoms with van der Waals surface area (Å²) in [7, 11) is 0. The van der Waals surface area contributed by atoms with E-state index < -0.39 is 6.04 Å². The summed E-state index contributed by atoms with van der Waals surface area (Å²) in [4.78, 5) is 28.5. The van der Waals surface area contributed by atoms with Crippen LogP contribution in [-0.2, 0) is 22.6 Å². The van der Waals surface area contributed by atoms with E-state index in [1.54, 1.807) is 41.3 Å². The number of rotatable bonds is 11. The predicted octanol–water partition coefficient (Wildman–Crippen LogP) is 5.93. The highest BCUT2D eigenvalue weighted by atomic mass is 35.5. The largest absolute Gasteiger partial charge is 0.484 e. The molecule has 0 bridgehead atoms. The monoisotopic (exact) mass is 512 g/mol. The van der Waals surface area contributed by atoms with Gasteiger partial charge in [-0.3, -0.25) is 9.59 Å². The lowest BCUT2D eigenvalue weighted by molar-refractivity contribution is -0.143. The van der Waals surface area contributed by atoms with Crippen molar-refractivity contribution in [1.82, 2.24) is 10.2 Å². The fraction of sp³-hybridized carbons (Fsp3) is 0.286. The van der Waals surface area contributed by atoms with Crippen molar-refractivity contribution in [3.8, 4) is 5.75 Å². The molecule has 0 fully saturated rings. The molecule has 184 valence electrons. The Labute approximate surface area is 217 Å². The van der Waals surface area contributed by atoms with E-state index in [1.807, 2.05) is 56.3 Å². The second-order valence-corrected chi connectivity index (χ2v) is 9.29. The van der Waals surface area contributed by atoms with Crippen molar-refractivity contribution in [2.24, 2.45) is 0 Å². The molecule has 0 aromatic heterocycles. The standard InChI is InChI=1S/C28H30Cl2N2O3/c1-3-20(2)31-28(34)26(17-21-7-5-4-6-8-21)32(18-22-9-11-23(29)12-10-22)27(33)19-35-25-15-13-24(30)14-16-25/h4-16,20,26H,3,17-19H2,1-2H3,(H,31,34)/t20-,26+/m0/s1. The van der Waals surface area contributed by atoms with E-state index in [0.29, 0.717) is 22.2 Å². The van der Waals surface area contributed by atoms with Gasteiger partial charge in [-0.15, -0.1) is 0 Å². The first-order chi connectivity index (χ1) is 16.9. The maximum atomic E-state index is 13.5. The van der Waals surface area contributed by atoms with Crippen LogP contribution in [0.3, 0.4) is 0 Å². The molecule has 0 saturated heterocycles. The van der Waals surface area contributed by atoms with Crippen LogP contribution in [0.25, 0.3) is 0 Å². The molecule has 7 heteroatoms. The van der Waals surface area contributed by atoms with Crippen LogP contribution in [0.5, 0.6) is 5.75 Å². The molecule has 0 aliphatic rings. The van der Waals surface area contributed by atoms with Crippen molar-refractivity contribution >= 4 is 35.0 Å². The van der Waals surface area contributed by atoms with Gasteiger partial charge in [0, 0.05) is 29.1 Å². The lowest BCUT2D eigenvalue weighted by Gasteiger charge is -2.32. The molecular weight excluding hydrogens is 483 g/mol. The minimum absolute atomic E-state index is 0.0152. The van der Waals surface area contributed by atoms with Crippen molar-refractivity contribution in [2.75, 3.05) is 6.61 Å². The predicted molar refractivity (Wildman–Crippen MR) is 141 cm³/mol. The van der Waals surface area contributed by atoms with Gasteiger partial charge < -0.3 is 15.0 Å². The number of nitrogens with one attached hydrogen (secondary N) is 1. The maximum absolute atomic E-state index is 13.5. The third-order valence-corrected chi connectivity index (χ3v) is 6.22. The smallest absolute Gasteiger partial charge is 0.261 e. The van der Waals surface area contributed by atoms with Crippen molar-refractivity contribution in [3.63, 3.8) is 0 Å². The molecule has 3 aromatic rings. The molecule has 3 rings (SSSR count). The van der Waals surface area contributed by atoms with Crippen LogP contribution in [0.4, 0.5) is 0 Å². The summed E-state index contributed by atoms with van der Waals surface area (Å²) in [6.45, 7) is 3.99. The summed E-state index contributed by atoms with van der Waals surface area (Å²) in [6.07, 6.45) is 1.16. The molecule has 3 aromatic carbocycles. The Balaban J connectivity index is 1.89. The Bertz CT molecular complexity index is 1090. The Morgan fingerprint density at radius 3 is 2.09 bits per heavy atom. The quantitative estimate of drug-likeness (QED) is 0.346. The number of carbonyl (C=O) groups excluding carboxylic acids is 2. The van der Waals surface area contributed by atoms with Crippen LogP contribution >= 0.6 is 23.2 Å². The summed E-state index contributed by atoms with van der Waals surface area (Å²) in [5, 5.41) is 4.24. The fourth-order valence-electron chi connectivity index (χ4n) is 3.54. The number of hydrogen-bond donors (Lipinski definition) is 1. The van der Waals surface area contributed by atoms with Gasteiger partial charge in [0.1, 0.15) is 11.8 Å². The number of nitrogens with zero attached hydrogens (tertiary/aromatic N) is 1. The van der Waals surface area contributed by atoms with Crippen molar-refractivity contribution < 1.29 is 14.3 Å². The SMILES string of the molecule is CC[C@H](C)NC(=O)[C@@H](Cc1ccccc1)N(Cc1ccc(Cl)cc1)C(=O)COc1ccc(Cl)cc1. The lowest BCUT2D eigenvalue weighted by Crippen LogP contribution is -2.53. The Morgan fingerprint density at radius 2 is 1.49 bits per heavy atom. The van der Waals surface area contributed by atoms with E-state index in [9.17, 15) is 9.59 Å². The zero-order valence-electron chi connectivity index (χ0n) is 19.9. The fourth-order valence-corrected chi connectivity index (χ4v) is 3.79. The first kappa shape index (κ1) is 26.6. The van der Waals surface area contributed by atoms with Gasteiger partial charge in [0.15, 0.2) is 6.61 Å². The van der Waals surface area contributed by atoms with Crippen LogP contribution < -0.4 is 10.1 Å². The summed E-state index contributed by atoms with van der Waals surface area (Å²) in [5.74, 6) is 0.0324. The molecule has 0 heterocycles. The van der Waals surface area contributed by atoms with E-state index in [4.69, 9.17) is 27.9 Å². The van der Waals surface area contributed by atoms with Crippen LogP contribution in [0.1, 0.15) is 31.4 Å². The van der Waals surface area contributed by atoms with Gasteiger partial charge in [0.05, 0.1) is 0 Å². The summed E-state index contributed by atoms with van der Waals surface area (Å²) in [5.41, 5.74) is 1.83. The van der Waals surface area contributed by atoms with Crippen LogP contribution in [0, 0.1) is 0 Å². The highest BCUT2D eigenvalue weighted by molar-refractivity contribution is 6.30.